The lowest BCUT2D eigenvalue weighted by molar-refractivity contribution is -0.0520. The highest BCUT2D eigenvalue weighted by Crippen LogP contribution is 2.33. The van der Waals surface area contributed by atoms with Crippen molar-refractivity contribution in [3.8, 4) is 11.5 Å². The van der Waals surface area contributed by atoms with Gasteiger partial charge >= 0.3 is 6.61 Å². The van der Waals surface area contributed by atoms with E-state index in [0.717, 1.165) is 38.5 Å². The van der Waals surface area contributed by atoms with E-state index in [-0.39, 0.29) is 36.3 Å². The first-order chi connectivity index (χ1) is 14.0. The summed E-state index contributed by atoms with van der Waals surface area (Å²) in [4.78, 5) is 6.92. The van der Waals surface area contributed by atoms with Gasteiger partial charge < -0.3 is 25.0 Å². The standard InChI is InChI=1S/C21H34F2N4O2.HI/c1-4-24-21(25-12-9-16-10-13-27(3)14-11-16)26-15-17-7-6-8-18(28-5-2)19(17)29-20(22)23;/h6-8,16,20H,4-5,9-15H2,1-3H3,(H2,24,25,26);1H. The van der Waals surface area contributed by atoms with Crippen molar-refractivity contribution in [3.63, 3.8) is 0 Å². The van der Waals surface area contributed by atoms with Gasteiger partial charge in [-0.05, 0) is 65.2 Å². The maximum atomic E-state index is 12.9. The molecule has 0 bridgehead atoms. The Hall–Kier alpha value is -1.36. The molecule has 1 aliphatic rings. The molecule has 1 aliphatic heterocycles. The molecule has 1 aromatic rings. The van der Waals surface area contributed by atoms with E-state index >= 15 is 0 Å². The molecule has 2 N–H and O–H groups in total. The molecule has 1 heterocycles. The van der Waals surface area contributed by atoms with Crippen LogP contribution in [0, 0.1) is 5.92 Å². The van der Waals surface area contributed by atoms with Gasteiger partial charge in [0.25, 0.3) is 0 Å². The maximum absolute atomic E-state index is 12.9. The predicted molar refractivity (Wildman–Crippen MR) is 127 cm³/mol. The molecule has 9 heteroatoms. The van der Waals surface area contributed by atoms with E-state index < -0.39 is 6.61 Å². The number of likely N-dealkylation sites (tertiary alicyclic amines) is 1. The molecule has 1 fully saturated rings. The van der Waals surface area contributed by atoms with Gasteiger partial charge in [0.15, 0.2) is 17.5 Å². The molecule has 0 amide bonds. The van der Waals surface area contributed by atoms with Crippen molar-refractivity contribution in [2.75, 3.05) is 39.8 Å². The van der Waals surface area contributed by atoms with Crippen LogP contribution in [0.15, 0.2) is 23.2 Å². The fraction of sp³-hybridized carbons (Fsp3) is 0.667. The number of aliphatic imine (C=N–C) groups is 1. The number of piperidine rings is 1. The van der Waals surface area contributed by atoms with E-state index in [1.54, 1.807) is 25.1 Å². The minimum Gasteiger partial charge on any atom is -0.490 e. The molecule has 1 aromatic carbocycles. The summed E-state index contributed by atoms with van der Waals surface area (Å²) in [6, 6.07) is 5.11. The van der Waals surface area contributed by atoms with Crippen LogP contribution >= 0.6 is 24.0 Å². The number of para-hydroxylation sites is 1. The molecule has 6 nitrogen and oxygen atoms in total. The summed E-state index contributed by atoms with van der Waals surface area (Å²) in [5, 5.41) is 6.56. The molecule has 172 valence electrons. The Kier molecular flexibility index (Phi) is 13.0. The average molecular weight is 540 g/mol. The Morgan fingerprint density at radius 2 is 1.97 bits per heavy atom. The second-order valence-electron chi connectivity index (χ2n) is 7.21. The van der Waals surface area contributed by atoms with Crippen molar-refractivity contribution in [3.05, 3.63) is 23.8 Å². The number of hydrogen-bond donors (Lipinski definition) is 2. The van der Waals surface area contributed by atoms with E-state index in [0.29, 0.717) is 23.9 Å². The first-order valence-corrected chi connectivity index (χ1v) is 10.4. The lowest BCUT2D eigenvalue weighted by Gasteiger charge is -2.29. The number of hydrogen-bond acceptors (Lipinski definition) is 4. The summed E-state index contributed by atoms with van der Waals surface area (Å²) in [6.45, 7) is 5.33. The molecule has 0 atom stereocenters. The maximum Gasteiger partial charge on any atom is 0.387 e. The zero-order valence-corrected chi connectivity index (χ0v) is 20.5. The first kappa shape index (κ1) is 26.7. The monoisotopic (exact) mass is 540 g/mol. The van der Waals surface area contributed by atoms with Crippen LogP contribution in [0.5, 0.6) is 11.5 Å². The summed E-state index contributed by atoms with van der Waals surface area (Å²) in [6.07, 6.45) is 3.55. The van der Waals surface area contributed by atoms with Crippen LogP contribution in [0.2, 0.25) is 0 Å². The molecular weight excluding hydrogens is 505 g/mol. The molecule has 0 aliphatic carbocycles. The molecule has 1 saturated heterocycles. The molecule has 0 spiro atoms. The van der Waals surface area contributed by atoms with Gasteiger partial charge in [-0.2, -0.15) is 8.78 Å². The van der Waals surface area contributed by atoms with E-state index in [2.05, 4.69) is 27.6 Å². The third-order valence-corrected chi connectivity index (χ3v) is 5.00. The minimum atomic E-state index is -2.92. The van der Waals surface area contributed by atoms with Gasteiger partial charge in [0, 0.05) is 18.7 Å². The number of nitrogens with one attached hydrogen (secondary N) is 2. The smallest absolute Gasteiger partial charge is 0.387 e. The minimum absolute atomic E-state index is 0. The summed E-state index contributed by atoms with van der Waals surface area (Å²) >= 11 is 0. The molecule has 0 saturated carbocycles. The predicted octanol–water partition coefficient (Wildman–Crippen LogP) is 4.09. The average Bonchev–Trinajstić information content (AvgIpc) is 2.69. The number of nitrogens with zero attached hydrogens (tertiary/aromatic N) is 2. The Morgan fingerprint density at radius 3 is 2.60 bits per heavy atom. The topological polar surface area (TPSA) is 58.1 Å². The van der Waals surface area contributed by atoms with E-state index in [1.165, 1.54) is 12.8 Å². The Bertz CT molecular complexity index is 641. The van der Waals surface area contributed by atoms with Gasteiger partial charge in [0.1, 0.15) is 0 Å². The zero-order chi connectivity index (χ0) is 21.1. The second kappa shape index (κ2) is 14.6. The highest BCUT2D eigenvalue weighted by atomic mass is 127. The lowest BCUT2D eigenvalue weighted by Crippen LogP contribution is -2.39. The van der Waals surface area contributed by atoms with Gasteiger partial charge in [-0.15, -0.1) is 24.0 Å². The van der Waals surface area contributed by atoms with Crippen LogP contribution in [0.3, 0.4) is 0 Å². The number of guanidine groups is 1. The Balaban J connectivity index is 0.00000450. The van der Waals surface area contributed by atoms with E-state index in [4.69, 9.17) is 9.47 Å². The third-order valence-electron chi connectivity index (χ3n) is 5.00. The van der Waals surface area contributed by atoms with Crippen molar-refractivity contribution in [2.45, 2.75) is 46.3 Å². The molecular formula is C21H35F2IN4O2. The van der Waals surface area contributed by atoms with Crippen LogP contribution < -0.4 is 20.1 Å². The molecule has 30 heavy (non-hydrogen) atoms. The van der Waals surface area contributed by atoms with Gasteiger partial charge in [0.2, 0.25) is 0 Å². The number of benzene rings is 1. The lowest BCUT2D eigenvalue weighted by atomic mass is 9.94. The molecule has 2 rings (SSSR count). The molecule has 0 radical (unpaired) electrons. The van der Waals surface area contributed by atoms with Crippen molar-refractivity contribution in [1.29, 1.82) is 0 Å². The van der Waals surface area contributed by atoms with Crippen molar-refractivity contribution < 1.29 is 18.3 Å². The van der Waals surface area contributed by atoms with Crippen LogP contribution in [-0.2, 0) is 6.54 Å². The normalized spacial score (nSPS) is 15.6. The highest BCUT2D eigenvalue weighted by Gasteiger charge is 2.17. The fourth-order valence-electron chi connectivity index (χ4n) is 3.43. The summed E-state index contributed by atoms with van der Waals surface area (Å²) in [5.74, 6) is 1.76. The van der Waals surface area contributed by atoms with Crippen LogP contribution in [0.25, 0.3) is 0 Å². The molecule has 0 unspecified atom stereocenters. The number of halogens is 3. The SMILES string of the molecule is CCNC(=NCc1cccc(OCC)c1OC(F)F)NCCC1CCN(C)CC1.I. The fourth-order valence-corrected chi connectivity index (χ4v) is 3.43. The number of ether oxygens (including phenoxy) is 2. The van der Waals surface area contributed by atoms with Gasteiger partial charge in [-0.25, -0.2) is 4.99 Å². The van der Waals surface area contributed by atoms with Crippen molar-refractivity contribution in [1.82, 2.24) is 15.5 Å². The van der Waals surface area contributed by atoms with Gasteiger partial charge in [-0.3, -0.25) is 0 Å². The molecule has 0 aromatic heterocycles. The Morgan fingerprint density at radius 1 is 1.23 bits per heavy atom. The zero-order valence-electron chi connectivity index (χ0n) is 18.1. The van der Waals surface area contributed by atoms with Crippen molar-refractivity contribution in [2.24, 2.45) is 10.9 Å². The summed E-state index contributed by atoms with van der Waals surface area (Å²) < 4.78 is 35.9. The highest BCUT2D eigenvalue weighted by molar-refractivity contribution is 14.0. The van der Waals surface area contributed by atoms with Crippen LogP contribution in [0.1, 0.15) is 38.7 Å². The largest absolute Gasteiger partial charge is 0.490 e. The van der Waals surface area contributed by atoms with E-state index in [9.17, 15) is 8.78 Å². The Labute approximate surface area is 195 Å². The second-order valence-corrected chi connectivity index (χ2v) is 7.21. The van der Waals surface area contributed by atoms with E-state index in [1.807, 2.05) is 6.92 Å². The summed E-state index contributed by atoms with van der Waals surface area (Å²) in [5.41, 5.74) is 0.559. The third kappa shape index (κ3) is 9.20. The summed E-state index contributed by atoms with van der Waals surface area (Å²) in [7, 11) is 2.16. The quantitative estimate of drug-likeness (QED) is 0.266. The number of rotatable bonds is 10. The van der Waals surface area contributed by atoms with Gasteiger partial charge in [0.05, 0.1) is 13.2 Å². The first-order valence-electron chi connectivity index (χ1n) is 10.4. The van der Waals surface area contributed by atoms with Crippen molar-refractivity contribution >= 4 is 29.9 Å². The van der Waals surface area contributed by atoms with Gasteiger partial charge in [-0.1, -0.05) is 12.1 Å². The van der Waals surface area contributed by atoms with Crippen LogP contribution in [0.4, 0.5) is 8.78 Å². The number of alkyl halides is 2. The van der Waals surface area contributed by atoms with Crippen LogP contribution in [-0.4, -0.2) is 57.3 Å².